The summed E-state index contributed by atoms with van der Waals surface area (Å²) in [5.74, 6) is 3.06. The standard InChI is InChI=1S/C24H40N4O2/c1-4-10-28-11-7-20(8-12-28)15-26-24(25-3)27-16-22-6-5-19(2)14-23(22)30-18-21-9-13-29-17-21/h5-6,14,20-21H,4,7-13,15-18H2,1-3H3,(H2,25,26,27). The number of nitrogens with zero attached hydrogens (tertiary/aromatic N) is 2. The first-order valence-electron chi connectivity index (χ1n) is 11.6. The molecule has 0 aromatic heterocycles. The zero-order valence-corrected chi connectivity index (χ0v) is 19.1. The van der Waals surface area contributed by atoms with Gasteiger partial charge in [0.2, 0.25) is 0 Å². The quantitative estimate of drug-likeness (QED) is 0.478. The number of hydrogen-bond acceptors (Lipinski definition) is 4. The Hall–Kier alpha value is -1.79. The molecule has 3 rings (SSSR count). The summed E-state index contributed by atoms with van der Waals surface area (Å²) in [6, 6.07) is 6.43. The maximum Gasteiger partial charge on any atom is 0.191 e. The lowest BCUT2D eigenvalue weighted by Gasteiger charge is -2.32. The van der Waals surface area contributed by atoms with Gasteiger partial charge in [0.05, 0.1) is 13.2 Å². The first kappa shape index (κ1) is 22.9. The zero-order chi connectivity index (χ0) is 21.2. The molecule has 168 valence electrons. The van der Waals surface area contributed by atoms with Gasteiger partial charge >= 0.3 is 0 Å². The minimum atomic E-state index is 0.504. The van der Waals surface area contributed by atoms with Crippen molar-refractivity contribution in [2.45, 2.75) is 46.1 Å². The van der Waals surface area contributed by atoms with Gasteiger partial charge < -0.3 is 25.0 Å². The van der Waals surface area contributed by atoms with Gasteiger partial charge in [0.25, 0.3) is 0 Å². The van der Waals surface area contributed by atoms with Gasteiger partial charge in [-0.1, -0.05) is 19.1 Å². The number of nitrogens with one attached hydrogen (secondary N) is 2. The van der Waals surface area contributed by atoms with E-state index in [1.165, 1.54) is 44.5 Å². The molecule has 0 bridgehead atoms. The molecule has 1 unspecified atom stereocenters. The van der Waals surface area contributed by atoms with E-state index in [4.69, 9.17) is 9.47 Å². The second-order valence-corrected chi connectivity index (χ2v) is 8.74. The molecule has 2 saturated heterocycles. The molecule has 2 N–H and O–H groups in total. The Kier molecular flexibility index (Phi) is 9.27. The summed E-state index contributed by atoms with van der Waals surface area (Å²) >= 11 is 0. The minimum Gasteiger partial charge on any atom is -0.493 e. The highest BCUT2D eigenvalue weighted by atomic mass is 16.5. The van der Waals surface area contributed by atoms with Gasteiger partial charge in [-0.15, -0.1) is 0 Å². The summed E-state index contributed by atoms with van der Waals surface area (Å²) in [5, 5.41) is 6.99. The lowest BCUT2D eigenvalue weighted by molar-refractivity contribution is 0.166. The van der Waals surface area contributed by atoms with Crippen LogP contribution >= 0.6 is 0 Å². The van der Waals surface area contributed by atoms with Crippen molar-refractivity contribution in [1.82, 2.24) is 15.5 Å². The summed E-state index contributed by atoms with van der Waals surface area (Å²) in [5.41, 5.74) is 2.38. The van der Waals surface area contributed by atoms with E-state index in [0.29, 0.717) is 12.5 Å². The van der Waals surface area contributed by atoms with Crippen LogP contribution in [0.5, 0.6) is 5.75 Å². The molecule has 1 aromatic carbocycles. The molecule has 6 nitrogen and oxygen atoms in total. The van der Waals surface area contributed by atoms with Gasteiger partial charge in [0.1, 0.15) is 5.75 Å². The van der Waals surface area contributed by atoms with Crippen LogP contribution in [0.3, 0.4) is 0 Å². The number of rotatable bonds is 9. The predicted molar refractivity (Wildman–Crippen MR) is 123 cm³/mol. The molecule has 0 amide bonds. The van der Waals surface area contributed by atoms with Crippen LogP contribution in [-0.2, 0) is 11.3 Å². The maximum atomic E-state index is 6.17. The normalized spacial score (nSPS) is 21.0. The molecule has 0 spiro atoms. The number of aryl methyl sites for hydroxylation is 1. The number of piperidine rings is 1. The molecular weight excluding hydrogens is 376 g/mol. The van der Waals surface area contributed by atoms with Gasteiger partial charge in [-0.3, -0.25) is 4.99 Å². The van der Waals surface area contributed by atoms with E-state index < -0.39 is 0 Å². The van der Waals surface area contributed by atoms with Gasteiger partial charge in [-0.2, -0.15) is 0 Å². The Balaban J connectivity index is 1.45. The first-order chi connectivity index (χ1) is 14.7. The molecule has 1 atom stereocenters. The summed E-state index contributed by atoms with van der Waals surface area (Å²) in [6.07, 6.45) is 4.88. The molecule has 2 aliphatic rings. The fourth-order valence-electron chi connectivity index (χ4n) is 4.24. The summed E-state index contributed by atoms with van der Waals surface area (Å²) in [7, 11) is 1.84. The van der Waals surface area contributed by atoms with Crippen LogP contribution in [-0.4, -0.2) is 63.9 Å². The molecule has 2 heterocycles. The van der Waals surface area contributed by atoms with Gasteiger partial charge in [-0.05, 0) is 69.8 Å². The molecule has 0 aliphatic carbocycles. The van der Waals surface area contributed by atoms with Crippen molar-refractivity contribution in [3.05, 3.63) is 29.3 Å². The van der Waals surface area contributed by atoms with E-state index in [0.717, 1.165) is 56.0 Å². The van der Waals surface area contributed by atoms with Crippen LogP contribution in [0.4, 0.5) is 0 Å². The Morgan fingerprint density at radius 1 is 1.20 bits per heavy atom. The van der Waals surface area contributed by atoms with E-state index in [1.54, 1.807) is 0 Å². The van der Waals surface area contributed by atoms with E-state index in [1.807, 2.05) is 7.05 Å². The second-order valence-electron chi connectivity index (χ2n) is 8.74. The average Bonchev–Trinajstić information content (AvgIpc) is 3.28. The van der Waals surface area contributed by atoms with Crippen molar-refractivity contribution in [2.24, 2.45) is 16.8 Å². The topological polar surface area (TPSA) is 58.1 Å². The fourth-order valence-corrected chi connectivity index (χ4v) is 4.24. The van der Waals surface area contributed by atoms with Gasteiger partial charge in [0.15, 0.2) is 5.96 Å². The Bertz CT molecular complexity index is 665. The van der Waals surface area contributed by atoms with Crippen LogP contribution in [0.25, 0.3) is 0 Å². The number of benzene rings is 1. The Morgan fingerprint density at radius 3 is 2.73 bits per heavy atom. The van der Waals surface area contributed by atoms with Crippen LogP contribution < -0.4 is 15.4 Å². The molecule has 6 heteroatoms. The van der Waals surface area contributed by atoms with Crippen LogP contribution in [0.2, 0.25) is 0 Å². The third-order valence-corrected chi connectivity index (χ3v) is 6.20. The van der Waals surface area contributed by atoms with E-state index in [9.17, 15) is 0 Å². The van der Waals surface area contributed by atoms with E-state index in [2.05, 4.69) is 52.6 Å². The predicted octanol–water partition coefficient (Wildman–Crippen LogP) is 3.20. The molecule has 0 radical (unpaired) electrons. The minimum absolute atomic E-state index is 0.504. The van der Waals surface area contributed by atoms with Gasteiger partial charge in [-0.25, -0.2) is 0 Å². The monoisotopic (exact) mass is 416 g/mol. The summed E-state index contributed by atoms with van der Waals surface area (Å²) in [4.78, 5) is 7.00. The molecule has 1 aromatic rings. The van der Waals surface area contributed by atoms with Gasteiger partial charge in [0, 0.05) is 38.2 Å². The average molecular weight is 417 g/mol. The smallest absolute Gasteiger partial charge is 0.191 e. The Morgan fingerprint density at radius 2 is 2.03 bits per heavy atom. The number of guanidine groups is 1. The molecule has 2 aliphatic heterocycles. The van der Waals surface area contributed by atoms with Crippen LogP contribution in [0, 0.1) is 18.8 Å². The number of likely N-dealkylation sites (tertiary alicyclic amines) is 1. The highest BCUT2D eigenvalue weighted by Gasteiger charge is 2.19. The van der Waals surface area contributed by atoms with Crippen molar-refractivity contribution in [3.8, 4) is 5.75 Å². The van der Waals surface area contributed by atoms with E-state index in [-0.39, 0.29) is 0 Å². The third kappa shape index (κ3) is 7.17. The summed E-state index contributed by atoms with van der Waals surface area (Å²) in [6.45, 7) is 12.1. The van der Waals surface area contributed by atoms with Crippen molar-refractivity contribution >= 4 is 5.96 Å². The number of aliphatic imine (C=N–C) groups is 1. The molecular formula is C24H40N4O2. The summed E-state index contributed by atoms with van der Waals surface area (Å²) < 4.78 is 11.6. The lowest BCUT2D eigenvalue weighted by atomic mass is 9.97. The SMILES string of the molecule is CCCN1CCC(CNC(=NC)NCc2ccc(C)cc2OCC2CCOC2)CC1. The molecule has 30 heavy (non-hydrogen) atoms. The van der Waals surface area contributed by atoms with Crippen LogP contribution in [0.15, 0.2) is 23.2 Å². The third-order valence-electron chi connectivity index (χ3n) is 6.20. The molecule has 0 saturated carbocycles. The first-order valence-corrected chi connectivity index (χ1v) is 11.6. The van der Waals surface area contributed by atoms with Crippen molar-refractivity contribution in [3.63, 3.8) is 0 Å². The van der Waals surface area contributed by atoms with Crippen molar-refractivity contribution in [2.75, 3.05) is 53.0 Å². The maximum absolute atomic E-state index is 6.17. The van der Waals surface area contributed by atoms with E-state index >= 15 is 0 Å². The zero-order valence-electron chi connectivity index (χ0n) is 19.1. The molecule has 2 fully saturated rings. The highest BCUT2D eigenvalue weighted by molar-refractivity contribution is 5.79. The van der Waals surface area contributed by atoms with Crippen LogP contribution in [0.1, 0.15) is 43.7 Å². The fraction of sp³-hybridized carbons (Fsp3) is 0.708. The Labute approximate surface area is 182 Å². The second kappa shape index (κ2) is 12.2. The number of ether oxygens (including phenoxy) is 2. The lowest BCUT2D eigenvalue weighted by Crippen LogP contribution is -2.42. The highest BCUT2D eigenvalue weighted by Crippen LogP contribution is 2.23. The number of hydrogen-bond donors (Lipinski definition) is 2. The van der Waals surface area contributed by atoms with Crippen molar-refractivity contribution < 1.29 is 9.47 Å². The van der Waals surface area contributed by atoms with Crippen molar-refractivity contribution in [1.29, 1.82) is 0 Å². The largest absolute Gasteiger partial charge is 0.493 e.